The second-order valence-electron chi connectivity index (χ2n) is 3.41. The Kier molecular flexibility index (Phi) is 3.83. The van der Waals surface area contributed by atoms with E-state index in [1.165, 1.54) is 4.90 Å². The van der Waals surface area contributed by atoms with Gasteiger partial charge >= 0.3 is 5.97 Å². The highest BCUT2D eigenvalue weighted by atomic mass is 16.4. The first-order chi connectivity index (χ1) is 7.50. The Morgan fingerprint density at radius 1 is 1.31 bits per heavy atom. The number of amides is 1. The number of rotatable bonds is 3. The Balaban J connectivity index is 2.82. The zero-order valence-corrected chi connectivity index (χ0v) is 9.18. The number of hydrogen-bond acceptors (Lipinski definition) is 2. The van der Waals surface area contributed by atoms with Crippen LogP contribution in [0.25, 0.3) is 0 Å². The summed E-state index contributed by atoms with van der Waals surface area (Å²) < 4.78 is 0. The summed E-state index contributed by atoms with van der Waals surface area (Å²) in [7, 11) is 1.60. The Labute approximate surface area is 93.8 Å². The molecule has 0 bridgehead atoms. The molecule has 0 atom stereocenters. The molecule has 0 aromatic heterocycles. The fourth-order valence-electron chi connectivity index (χ4n) is 1.22. The standard InChI is InChI=1S/C12H13NO3/c1-9-4-3-5-10(8-9)13(2)11(14)6-7-12(15)16/h3-8H,1-2H3,(H,15,16)/b7-6+. The Hall–Kier alpha value is -2.10. The van der Waals surface area contributed by atoms with Crippen molar-refractivity contribution in [1.29, 1.82) is 0 Å². The molecule has 0 aliphatic carbocycles. The lowest BCUT2D eigenvalue weighted by Crippen LogP contribution is -2.24. The first kappa shape index (κ1) is 12.0. The topological polar surface area (TPSA) is 57.6 Å². The van der Waals surface area contributed by atoms with Crippen LogP contribution in [0.2, 0.25) is 0 Å². The third-order valence-corrected chi connectivity index (χ3v) is 2.09. The minimum Gasteiger partial charge on any atom is -0.478 e. The van der Waals surface area contributed by atoms with Gasteiger partial charge in [0.2, 0.25) is 0 Å². The Morgan fingerprint density at radius 2 is 2.00 bits per heavy atom. The average molecular weight is 219 g/mol. The summed E-state index contributed by atoms with van der Waals surface area (Å²) in [5, 5.41) is 8.40. The zero-order chi connectivity index (χ0) is 12.1. The van der Waals surface area contributed by atoms with E-state index < -0.39 is 5.97 Å². The van der Waals surface area contributed by atoms with E-state index in [1.807, 2.05) is 25.1 Å². The van der Waals surface area contributed by atoms with Gasteiger partial charge in [-0.2, -0.15) is 0 Å². The van der Waals surface area contributed by atoms with Crippen molar-refractivity contribution in [1.82, 2.24) is 0 Å². The third kappa shape index (κ3) is 3.24. The van der Waals surface area contributed by atoms with Crippen molar-refractivity contribution in [2.75, 3.05) is 11.9 Å². The molecule has 0 saturated heterocycles. The van der Waals surface area contributed by atoms with Crippen molar-refractivity contribution in [2.24, 2.45) is 0 Å². The van der Waals surface area contributed by atoms with Gasteiger partial charge in [-0.1, -0.05) is 12.1 Å². The summed E-state index contributed by atoms with van der Waals surface area (Å²) in [6, 6.07) is 7.41. The fourth-order valence-corrected chi connectivity index (χ4v) is 1.22. The van der Waals surface area contributed by atoms with Crippen LogP contribution in [0.3, 0.4) is 0 Å². The summed E-state index contributed by atoms with van der Waals surface area (Å²) in [6.45, 7) is 1.93. The highest BCUT2D eigenvalue weighted by Gasteiger charge is 2.07. The summed E-state index contributed by atoms with van der Waals surface area (Å²) >= 11 is 0. The maximum atomic E-state index is 11.5. The lowest BCUT2D eigenvalue weighted by Gasteiger charge is -2.15. The molecule has 0 radical (unpaired) electrons. The Bertz CT molecular complexity index is 438. The molecule has 0 aliphatic rings. The summed E-state index contributed by atoms with van der Waals surface area (Å²) in [4.78, 5) is 23.2. The molecule has 0 unspecified atom stereocenters. The van der Waals surface area contributed by atoms with E-state index in [0.717, 1.165) is 23.4 Å². The molecule has 0 aliphatic heterocycles. The number of aliphatic carboxylic acids is 1. The van der Waals surface area contributed by atoms with Crippen molar-refractivity contribution >= 4 is 17.6 Å². The number of nitrogens with zero attached hydrogens (tertiary/aromatic N) is 1. The van der Waals surface area contributed by atoms with Crippen LogP contribution >= 0.6 is 0 Å². The molecule has 1 aromatic carbocycles. The number of aryl methyl sites for hydroxylation is 1. The van der Waals surface area contributed by atoms with Gasteiger partial charge in [0.15, 0.2) is 0 Å². The lowest BCUT2D eigenvalue weighted by atomic mass is 10.2. The van der Waals surface area contributed by atoms with E-state index >= 15 is 0 Å². The van der Waals surface area contributed by atoms with Gasteiger partial charge in [-0.05, 0) is 24.6 Å². The van der Waals surface area contributed by atoms with Gasteiger partial charge in [-0.3, -0.25) is 4.79 Å². The van der Waals surface area contributed by atoms with Gasteiger partial charge in [0.1, 0.15) is 0 Å². The van der Waals surface area contributed by atoms with Crippen LogP contribution in [-0.4, -0.2) is 24.0 Å². The second kappa shape index (κ2) is 5.11. The number of carbonyl (C=O) groups is 2. The molecule has 0 saturated carbocycles. The highest BCUT2D eigenvalue weighted by Crippen LogP contribution is 2.14. The number of anilines is 1. The van der Waals surface area contributed by atoms with E-state index in [1.54, 1.807) is 13.1 Å². The number of hydrogen-bond donors (Lipinski definition) is 1. The van der Waals surface area contributed by atoms with Crippen molar-refractivity contribution in [3.8, 4) is 0 Å². The smallest absolute Gasteiger partial charge is 0.328 e. The van der Waals surface area contributed by atoms with Crippen molar-refractivity contribution in [3.63, 3.8) is 0 Å². The predicted octanol–water partition coefficient (Wildman–Crippen LogP) is 1.60. The van der Waals surface area contributed by atoms with Crippen LogP contribution in [-0.2, 0) is 9.59 Å². The zero-order valence-electron chi connectivity index (χ0n) is 9.18. The van der Waals surface area contributed by atoms with Crippen LogP contribution in [0, 0.1) is 6.92 Å². The van der Waals surface area contributed by atoms with Gasteiger partial charge in [-0.25, -0.2) is 4.79 Å². The SMILES string of the molecule is Cc1cccc(N(C)C(=O)/C=C/C(=O)O)c1. The van der Waals surface area contributed by atoms with Gasteiger partial charge in [-0.15, -0.1) is 0 Å². The maximum Gasteiger partial charge on any atom is 0.328 e. The summed E-state index contributed by atoms with van der Waals surface area (Å²) in [5.41, 5.74) is 1.78. The van der Waals surface area contributed by atoms with Crippen LogP contribution < -0.4 is 4.90 Å². The summed E-state index contributed by atoms with van der Waals surface area (Å²) in [6.07, 6.45) is 1.86. The first-order valence-electron chi connectivity index (χ1n) is 4.76. The molecule has 16 heavy (non-hydrogen) atoms. The lowest BCUT2D eigenvalue weighted by molar-refractivity contribution is -0.131. The molecular formula is C12H13NO3. The van der Waals surface area contributed by atoms with Gasteiger partial charge in [0.25, 0.3) is 5.91 Å². The number of benzene rings is 1. The molecule has 1 rings (SSSR count). The van der Waals surface area contributed by atoms with Crippen LogP contribution in [0.4, 0.5) is 5.69 Å². The normalized spacial score (nSPS) is 10.4. The van der Waals surface area contributed by atoms with E-state index in [4.69, 9.17) is 5.11 Å². The second-order valence-corrected chi connectivity index (χ2v) is 3.41. The van der Waals surface area contributed by atoms with Crippen molar-refractivity contribution < 1.29 is 14.7 Å². The molecule has 0 fully saturated rings. The number of carboxylic acids is 1. The van der Waals surface area contributed by atoms with E-state index in [-0.39, 0.29) is 5.91 Å². The van der Waals surface area contributed by atoms with Gasteiger partial charge in [0, 0.05) is 24.9 Å². The molecule has 1 N–H and O–H groups in total. The number of likely N-dealkylation sites (N-methyl/N-ethyl adjacent to an activating group) is 1. The van der Waals surface area contributed by atoms with E-state index in [0.29, 0.717) is 0 Å². The van der Waals surface area contributed by atoms with Crippen LogP contribution in [0.15, 0.2) is 36.4 Å². The van der Waals surface area contributed by atoms with Crippen LogP contribution in [0.1, 0.15) is 5.56 Å². The molecule has 4 heteroatoms. The molecular weight excluding hydrogens is 206 g/mol. The molecule has 0 heterocycles. The van der Waals surface area contributed by atoms with E-state index in [9.17, 15) is 9.59 Å². The number of carboxylic acid groups (broad SMARTS) is 1. The van der Waals surface area contributed by atoms with Gasteiger partial charge < -0.3 is 10.0 Å². The largest absolute Gasteiger partial charge is 0.478 e. The molecule has 1 aromatic rings. The molecule has 1 amide bonds. The number of carbonyl (C=O) groups excluding carboxylic acids is 1. The molecule has 0 spiro atoms. The van der Waals surface area contributed by atoms with Crippen molar-refractivity contribution in [3.05, 3.63) is 42.0 Å². The molecule has 84 valence electrons. The van der Waals surface area contributed by atoms with Gasteiger partial charge in [0.05, 0.1) is 0 Å². The van der Waals surface area contributed by atoms with Crippen LogP contribution in [0.5, 0.6) is 0 Å². The Morgan fingerprint density at radius 3 is 2.56 bits per heavy atom. The quantitative estimate of drug-likeness (QED) is 0.785. The van der Waals surface area contributed by atoms with E-state index in [2.05, 4.69) is 0 Å². The highest BCUT2D eigenvalue weighted by molar-refractivity contribution is 6.03. The third-order valence-electron chi connectivity index (χ3n) is 2.09. The fraction of sp³-hybridized carbons (Fsp3) is 0.167. The van der Waals surface area contributed by atoms with Crippen molar-refractivity contribution in [2.45, 2.75) is 6.92 Å². The molecule has 4 nitrogen and oxygen atoms in total. The average Bonchev–Trinajstić information content (AvgIpc) is 2.24. The monoisotopic (exact) mass is 219 g/mol. The first-order valence-corrected chi connectivity index (χ1v) is 4.76. The minimum atomic E-state index is -1.13. The maximum absolute atomic E-state index is 11.5. The predicted molar refractivity (Wildman–Crippen MR) is 61.4 cm³/mol. The minimum absolute atomic E-state index is 0.368. The summed E-state index contributed by atoms with van der Waals surface area (Å²) in [5.74, 6) is -1.50.